The van der Waals surface area contributed by atoms with E-state index in [0.717, 1.165) is 24.4 Å². The maximum Gasteiger partial charge on any atom is 0.137 e. The summed E-state index contributed by atoms with van der Waals surface area (Å²) in [6.45, 7) is 15.9. The molecule has 0 bridgehead atoms. The van der Waals surface area contributed by atoms with Gasteiger partial charge in [-0.15, -0.1) is 0 Å². The molecule has 0 amide bonds. The first-order chi connectivity index (χ1) is 12.3. The van der Waals surface area contributed by atoms with Crippen LogP contribution in [0.2, 0.25) is 0 Å². The zero-order chi connectivity index (χ0) is 19.3. The monoisotopic (exact) mass is 370 g/mol. The Morgan fingerprint density at radius 2 is 1.62 bits per heavy atom. The van der Waals surface area contributed by atoms with Crippen LogP contribution in [0.1, 0.15) is 65.5 Å². The third-order valence-electron chi connectivity index (χ3n) is 4.79. The predicted octanol–water partition coefficient (Wildman–Crippen LogP) is 6.81. The Morgan fingerprint density at radius 3 is 2.15 bits per heavy atom. The van der Waals surface area contributed by atoms with E-state index in [1.165, 1.54) is 16.7 Å². The fourth-order valence-corrected chi connectivity index (χ4v) is 5.46. The molecule has 0 heterocycles. The SMILES string of the molecule is Cc1ccc(C(=NC2=C(C(C)C)CCC=C2)NP(C(C)C)C(C)C)cc1. The number of nitrogens with zero attached hydrogens (tertiary/aromatic N) is 1. The highest BCUT2D eigenvalue weighted by Gasteiger charge is 2.20. The maximum absolute atomic E-state index is 5.16. The molecule has 1 aliphatic rings. The van der Waals surface area contributed by atoms with E-state index >= 15 is 0 Å². The van der Waals surface area contributed by atoms with Gasteiger partial charge < -0.3 is 5.09 Å². The highest BCUT2D eigenvalue weighted by Crippen LogP contribution is 2.42. The number of amidine groups is 1. The maximum atomic E-state index is 5.16. The second kappa shape index (κ2) is 9.51. The van der Waals surface area contributed by atoms with Gasteiger partial charge >= 0.3 is 0 Å². The van der Waals surface area contributed by atoms with Gasteiger partial charge in [0.15, 0.2) is 0 Å². The van der Waals surface area contributed by atoms with Crippen LogP contribution in [-0.4, -0.2) is 17.2 Å². The van der Waals surface area contributed by atoms with Crippen molar-refractivity contribution >= 4 is 13.9 Å². The van der Waals surface area contributed by atoms with Crippen molar-refractivity contribution in [1.29, 1.82) is 0 Å². The lowest BCUT2D eigenvalue weighted by molar-refractivity contribution is 0.697. The van der Waals surface area contributed by atoms with E-state index in [-0.39, 0.29) is 8.07 Å². The van der Waals surface area contributed by atoms with Crippen LogP contribution in [0.4, 0.5) is 0 Å². The molecule has 0 fully saturated rings. The average molecular weight is 371 g/mol. The van der Waals surface area contributed by atoms with Crippen molar-refractivity contribution in [3.05, 3.63) is 58.8 Å². The van der Waals surface area contributed by atoms with Crippen molar-refractivity contribution in [2.75, 3.05) is 0 Å². The fraction of sp³-hybridized carbons (Fsp3) is 0.522. The summed E-state index contributed by atoms with van der Waals surface area (Å²) in [7, 11) is -0.333. The van der Waals surface area contributed by atoms with Gasteiger partial charge in [0.05, 0.1) is 5.70 Å². The van der Waals surface area contributed by atoms with Crippen LogP contribution in [0.3, 0.4) is 0 Å². The first-order valence-electron chi connectivity index (χ1n) is 9.90. The summed E-state index contributed by atoms with van der Waals surface area (Å²) in [4.78, 5) is 5.16. The first-order valence-corrected chi connectivity index (χ1v) is 11.4. The van der Waals surface area contributed by atoms with Crippen LogP contribution in [0, 0.1) is 12.8 Å². The second-order valence-electron chi connectivity index (χ2n) is 8.04. The van der Waals surface area contributed by atoms with E-state index in [0.29, 0.717) is 17.2 Å². The molecule has 1 aliphatic carbocycles. The molecular formula is C23H35N2P. The first kappa shape index (κ1) is 20.9. The Bertz CT molecular complexity index is 671. The molecule has 0 atom stereocenters. The molecule has 142 valence electrons. The summed E-state index contributed by atoms with van der Waals surface area (Å²) < 4.78 is 0. The van der Waals surface area contributed by atoms with E-state index < -0.39 is 0 Å². The number of nitrogens with one attached hydrogen (secondary N) is 1. The molecule has 0 unspecified atom stereocenters. The summed E-state index contributed by atoms with van der Waals surface area (Å²) in [6, 6.07) is 8.73. The van der Waals surface area contributed by atoms with Gasteiger partial charge in [-0.2, -0.15) is 0 Å². The molecule has 0 radical (unpaired) electrons. The third-order valence-corrected chi connectivity index (χ3v) is 7.48. The van der Waals surface area contributed by atoms with E-state index in [2.05, 4.69) is 90.0 Å². The molecule has 0 aliphatic heterocycles. The zero-order valence-electron chi connectivity index (χ0n) is 17.5. The van der Waals surface area contributed by atoms with Gasteiger partial charge in [-0.25, -0.2) is 4.99 Å². The Kier molecular flexibility index (Phi) is 7.65. The molecule has 0 spiro atoms. The fourth-order valence-electron chi connectivity index (χ4n) is 3.33. The van der Waals surface area contributed by atoms with Crippen molar-refractivity contribution in [2.45, 2.75) is 72.6 Å². The molecule has 2 rings (SSSR count). The smallest absolute Gasteiger partial charge is 0.137 e. The van der Waals surface area contributed by atoms with Gasteiger partial charge in [0.2, 0.25) is 0 Å². The number of hydrogen-bond donors (Lipinski definition) is 1. The van der Waals surface area contributed by atoms with Crippen molar-refractivity contribution in [3.8, 4) is 0 Å². The Hall–Kier alpha value is -1.40. The topological polar surface area (TPSA) is 24.4 Å². The van der Waals surface area contributed by atoms with Gasteiger partial charge in [-0.3, -0.25) is 0 Å². The molecular weight excluding hydrogens is 335 g/mol. The standard InChI is InChI=1S/C23H35N2P/c1-16(2)21-10-8-9-11-22(21)24-23(20-14-12-19(7)13-15-20)25-26(17(3)4)18(5)6/h9,11-18H,8,10H2,1-7H3,(H,24,25). The van der Waals surface area contributed by atoms with Crippen molar-refractivity contribution in [3.63, 3.8) is 0 Å². The molecule has 1 aromatic carbocycles. The third kappa shape index (κ3) is 5.55. The summed E-state index contributed by atoms with van der Waals surface area (Å²) in [5, 5.41) is 3.84. The molecule has 3 heteroatoms. The average Bonchev–Trinajstić information content (AvgIpc) is 2.58. The van der Waals surface area contributed by atoms with E-state index in [1.54, 1.807) is 0 Å². The lowest BCUT2D eigenvalue weighted by Crippen LogP contribution is -2.26. The highest BCUT2D eigenvalue weighted by molar-refractivity contribution is 7.57. The molecule has 0 saturated heterocycles. The van der Waals surface area contributed by atoms with E-state index in [1.807, 2.05) is 0 Å². The van der Waals surface area contributed by atoms with Crippen LogP contribution in [0.25, 0.3) is 0 Å². The van der Waals surface area contributed by atoms with Crippen molar-refractivity contribution in [1.82, 2.24) is 5.09 Å². The molecule has 26 heavy (non-hydrogen) atoms. The minimum atomic E-state index is -0.333. The number of rotatable bonds is 6. The van der Waals surface area contributed by atoms with Gasteiger partial charge in [0.1, 0.15) is 5.84 Å². The summed E-state index contributed by atoms with van der Waals surface area (Å²) in [5.41, 5.74) is 6.30. The molecule has 1 N–H and O–H groups in total. The minimum Gasteiger partial charge on any atom is -0.348 e. The lowest BCUT2D eigenvalue weighted by Gasteiger charge is -2.28. The quantitative estimate of drug-likeness (QED) is 0.332. The Morgan fingerprint density at radius 1 is 1.00 bits per heavy atom. The normalized spacial score (nSPS) is 15.7. The molecule has 0 aromatic heterocycles. The zero-order valence-corrected chi connectivity index (χ0v) is 18.4. The molecule has 0 saturated carbocycles. The molecule has 2 nitrogen and oxygen atoms in total. The largest absolute Gasteiger partial charge is 0.348 e. The lowest BCUT2D eigenvalue weighted by atomic mass is 9.93. The number of benzene rings is 1. The summed E-state index contributed by atoms with van der Waals surface area (Å²) in [5.74, 6) is 1.56. The highest BCUT2D eigenvalue weighted by atomic mass is 31.1. The van der Waals surface area contributed by atoms with Crippen LogP contribution < -0.4 is 5.09 Å². The number of allylic oxidation sites excluding steroid dienone is 3. The number of hydrogen-bond acceptors (Lipinski definition) is 1. The van der Waals surface area contributed by atoms with Crippen molar-refractivity contribution < 1.29 is 0 Å². The van der Waals surface area contributed by atoms with Gasteiger partial charge in [-0.1, -0.05) is 77.4 Å². The minimum absolute atomic E-state index is 0.333. The second-order valence-corrected chi connectivity index (χ2v) is 11.1. The predicted molar refractivity (Wildman–Crippen MR) is 118 cm³/mol. The van der Waals surface area contributed by atoms with Crippen LogP contribution in [0.15, 0.2) is 52.7 Å². The van der Waals surface area contributed by atoms with Gasteiger partial charge in [0.25, 0.3) is 0 Å². The van der Waals surface area contributed by atoms with Gasteiger partial charge in [-0.05, 0) is 56.7 Å². The Labute approximate surface area is 161 Å². The van der Waals surface area contributed by atoms with E-state index in [4.69, 9.17) is 4.99 Å². The summed E-state index contributed by atoms with van der Waals surface area (Å²) >= 11 is 0. The van der Waals surface area contributed by atoms with E-state index in [9.17, 15) is 0 Å². The van der Waals surface area contributed by atoms with Gasteiger partial charge in [0, 0.05) is 5.56 Å². The Balaban J connectivity index is 2.49. The van der Waals surface area contributed by atoms with Crippen molar-refractivity contribution in [2.24, 2.45) is 10.9 Å². The number of aliphatic imine (C=N–C) groups is 1. The number of aryl methyl sites for hydroxylation is 1. The summed E-state index contributed by atoms with van der Waals surface area (Å²) in [6.07, 6.45) is 6.72. The molecule has 1 aromatic rings. The van der Waals surface area contributed by atoms with Crippen LogP contribution in [0.5, 0.6) is 0 Å². The van der Waals surface area contributed by atoms with Crippen LogP contribution >= 0.6 is 8.07 Å². The van der Waals surface area contributed by atoms with Crippen LogP contribution in [-0.2, 0) is 0 Å².